The molecule has 0 amide bonds. The van der Waals surface area contributed by atoms with Gasteiger partial charge in [-0.25, -0.2) is 4.98 Å². The van der Waals surface area contributed by atoms with Gasteiger partial charge in [-0.3, -0.25) is 4.99 Å². The van der Waals surface area contributed by atoms with Crippen LogP contribution in [0.1, 0.15) is 5.56 Å². The minimum atomic E-state index is 0.495. The maximum absolute atomic E-state index is 4.61. The topological polar surface area (TPSA) is 42.2 Å². The highest BCUT2D eigenvalue weighted by Gasteiger charge is 2.19. The lowest BCUT2D eigenvalue weighted by atomic mass is 10.1. The molecule has 2 aromatic rings. The number of imidazole rings is 1. The van der Waals surface area contributed by atoms with Crippen LogP contribution in [0.15, 0.2) is 54.0 Å². The average molecular weight is 286 g/mol. The lowest BCUT2D eigenvalue weighted by molar-refractivity contribution is 0.677. The molecule has 0 bridgehead atoms. The molecule has 1 aliphatic heterocycles. The van der Waals surface area contributed by atoms with Crippen LogP contribution in [0.3, 0.4) is 0 Å². The van der Waals surface area contributed by atoms with Crippen molar-refractivity contribution in [1.29, 1.82) is 0 Å². The van der Waals surface area contributed by atoms with Crippen LogP contribution in [0.4, 0.5) is 0 Å². The van der Waals surface area contributed by atoms with Crippen molar-refractivity contribution in [1.82, 2.24) is 14.9 Å². The van der Waals surface area contributed by atoms with E-state index in [1.807, 2.05) is 28.9 Å². The number of nitrogens with zero attached hydrogens (tertiary/aromatic N) is 3. The van der Waals surface area contributed by atoms with E-state index in [9.17, 15) is 0 Å². The third-order valence-corrected chi connectivity index (χ3v) is 4.34. The number of rotatable bonds is 5. The summed E-state index contributed by atoms with van der Waals surface area (Å²) in [6.45, 7) is 1.68. The van der Waals surface area contributed by atoms with Crippen molar-refractivity contribution < 1.29 is 0 Å². The first kappa shape index (κ1) is 13.2. The number of aromatic nitrogens is 2. The van der Waals surface area contributed by atoms with Crippen LogP contribution >= 0.6 is 11.8 Å². The molecule has 104 valence electrons. The van der Waals surface area contributed by atoms with Gasteiger partial charge in [-0.1, -0.05) is 42.1 Å². The molecule has 1 saturated heterocycles. The minimum absolute atomic E-state index is 0.495. The molecule has 3 rings (SSSR count). The van der Waals surface area contributed by atoms with Crippen LogP contribution in [-0.4, -0.2) is 33.1 Å². The molecular formula is C15H18N4S. The Morgan fingerprint density at radius 1 is 1.35 bits per heavy atom. The second-order valence-electron chi connectivity index (χ2n) is 4.83. The zero-order valence-electron chi connectivity index (χ0n) is 11.3. The van der Waals surface area contributed by atoms with Gasteiger partial charge in [0.1, 0.15) is 0 Å². The zero-order valence-corrected chi connectivity index (χ0v) is 12.1. The largest absolute Gasteiger partial charge is 0.361 e. The zero-order chi connectivity index (χ0) is 13.6. The van der Waals surface area contributed by atoms with Crippen molar-refractivity contribution >= 4 is 16.9 Å². The highest BCUT2D eigenvalue weighted by atomic mass is 32.2. The molecule has 1 aromatic heterocycles. The normalized spacial score (nSPS) is 20.2. The fraction of sp³-hybridized carbons (Fsp3) is 0.333. The fourth-order valence-electron chi connectivity index (χ4n) is 2.22. The fourth-order valence-corrected chi connectivity index (χ4v) is 3.22. The number of benzene rings is 1. The molecule has 5 heteroatoms. The van der Waals surface area contributed by atoms with Gasteiger partial charge in [0.15, 0.2) is 5.17 Å². The second-order valence-corrected chi connectivity index (χ2v) is 5.84. The predicted molar refractivity (Wildman–Crippen MR) is 84.1 cm³/mol. The smallest absolute Gasteiger partial charge is 0.156 e. The summed E-state index contributed by atoms with van der Waals surface area (Å²) in [5, 5.41) is 4.58. The van der Waals surface area contributed by atoms with Crippen molar-refractivity contribution in [3.63, 3.8) is 0 Å². The van der Waals surface area contributed by atoms with E-state index in [-0.39, 0.29) is 0 Å². The van der Waals surface area contributed by atoms with Gasteiger partial charge in [0.2, 0.25) is 0 Å². The Labute approximate surface area is 123 Å². The van der Waals surface area contributed by atoms with E-state index < -0.39 is 0 Å². The maximum Gasteiger partial charge on any atom is 0.156 e. The Kier molecular flexibility index (Phi) is 4.38. The molecule has 20 heavy (non-hydrogen) atoms. The van der Waals surface area contributed by atoms with Crippen molar-refractivity contribution in [2.75, 3.05) is 12.3 Å². The van der Waals surface area contributed by atoms with E-state index in [4.69, 9.17) is 0 Å². The van der Waals surface area contributed by atoms with Crippen molar-refractivity contribution in [2.45, 2.75) is 19.0 Å². The molecule has 1 atom stereocenters. The first-order chi connectivity index (χ1) is 9.90. The van der Waals surface area contributed by atoms with Gasteiger partial charge in [-0.05, 0) is 12.0 Å². The standard InChI is InChI=1S/C15H18N4S/c1-2-4-13(5-3-1)10-14-11-20-15(18-14)17-7-9-19-8-6-16-12-19/h1-6,8,12,14H,7,9-11H2,(H,17,18). The van der Waals surface area contributed by atoms with Gasteiger partial charge in [0.05, 0.1) is 12.9 Å². The van der Waals surface area contributed by atoms with Crippen molar-refractivity contribution in [3.8, 4) is 0 Å². The second kappa shape index (κ2) is 6.61. The first-order valence-electron chi connectivity index (χ1n) is 6.83. The Balaban J connectivity index is 1.47. The van der Waals surface area contributed by atoms with Crippen LogP contribution in [0, 0.1) is 0 Å². The highest BCUT2D eigenvalue weighted by molar-refractivity contribution is 8.14. The third-order valence-electron chi connectivity index (χ3n) is 3.25. The summed E-state index contributed by atoms with van der Waals surface area (Å²) in [4.78, 5) is 8.63. The molecule has 1 aromatic carbocycles. The van der Waals surface area contributed by atoms with Gasteiger partial charge in [-0.2, -0.15) is 0 Å². The number of thioether (sulfide) groups is 1. The molecule has 0 aliphatic carbocycles. The Bertz CT molecular complexity index is 551. The van der Waals surface area contributed by atoms with Crippen molar-refractivity contribution in [2.24, 2.45) is 4.99 Å². The van der Waals surface area contributed by atoms with E-state index in [1.165, 1.54) is 5.56 Å². The summed E-state index contributed by atoms with van der Waals surface area (Å²) >= 11 is 1.82. The molecule has 2 heterocycles. The molecule has 1 unspecified atom stereocenters. The number of amidine groups is 1. The Hall–Kier alpha value is -1.75. The summed E-state index contributed by atoms with van der Waals surface area (Å²) in [6.07, 6.45) is 6.65. The van der Waals surface area contributed by atoms with Gasteiger partial charge >= 0.3 is 0 Å². The number of nitrogens with one attached hydrogen (secondary N) is 1. The van der Waals surface area contributed by atoms with E-state index in [1.54, 1.807) is 6.20 Å². The quantitative estimate of drug-likeness (QED) is 0.916. The minimum Gasteiger partial charge on any atom is -0.361 e. The van der Waals surface area contributed by atoms with Gasteiger partial charge in [0, 0.05) is 30.7 Å². The summed E-state index contributed by atoms with van der Waals surface area (Å²) in [7, 11) is 0. The lowest BCUT2D eigenvalue weighted by Gasteiger charge is -2.09. The van der Waals surface area contributed by atoms with Crippen LogP contribution in [0.2, 0.25) is 0 Å². The molecule has 1 N–H and O–H groups in total. The van der Waals surface area contributed by atoms with Gasteiger partial charge < -0.3 is 9.88 Å². The Morgan fingerprint density at radius 2 is 2.25 bits per heavy atom. The number of hydrogen-bond acceptors (Lipinski definition) is 3. The molecule has 0 spiro atoms. The van der Waals surface area contributed by atoms with E-state index in [0.29, 0.717) is 6.04 Å². The lowest BCUT2D eigenvalue weighted by Crippen LogP contribution is -2.29. The van der Waals surface area contributed by atoms with Crippen molar-refractivity contribution in [3.05, 3.63) is 54.6 Å². The summed E-state index contributed by atoms with van der Waals surface area (Å²) in [5.41, 5.74) is 1.38. The van der Waals surface area contributed by atoms with Crippen LogP contribution in [0.5, 0.6) is 0 Å². The SMILES string of the molecule is c1ccc(CC2CSC(=NCCn3ccnc3)N2)cc1. The average Bonchev–Trinajstić information content (AvgIpc) is 3.12. The molecule has 1 aliphatic rings. The highest BCUT2D eigenvalue weighted by Crippen LogP contribution is 2.17. The monoisotopic (exact) mass is 286 g/mol. The van der Waals surface area contributed by atoms with Gasteiger partial charge in [0.25, 0.3) is 0 Å². The molecule has 4 nitrogen and oxygen atoms in total. The molecule has 1 fully saturated rings. The third kappa shape index (κ3) is 3.63. The number of hydrogen-bond donors (Lipinski definition) is 1. The molecular weight excluding hydrogens is 268 g/mol. The summed E-state index contributed by atoms with van der Waals surface area (Å²) in [6, 6.07) is 11.1. The van der Waals surface area contributed by atoms with Crippen LogP contribution in [-0.2, 0) is 13.0 Å². The van der Waals surface area contributed by atoms with E-state index in [0.717, 1.165) is 30.4 Å². The Morgan fingerprint density at radius 3 is 3.05 bits per heavy atom. The molecule has 0 saturated carbocycles. The van der Waals surface area contributed by atoms with Crippen LogP contribution in [0.25, 0.3) is 0 Å². The number of aliphatic imine (C=N–C) groups is 1. The van der Waals surface area contributed by atoms with Crippen LogP contribution < -0.4 is 5.32 Å². The predicted octanol–water partition coefficient (Wildman–Crippen LogP) is 2.19. The summed E-state index contributed by atoms with van der Waals surface area (Å²) < 4.78 is 2.05. The summed E-state index contributed by atoms with van der Waals surface area (Å²) in [5.74, 6) is 1.10. The van der Waals surface area contributed by atoms with Gasteiger partial charge in [-0.15, -0.1) is 0 Å². The molecule has 0 radical (unpaired) electrons. The van der Waals surface area contributed by atoms with E-state index in [2.05, 4.69) is 45.6 Å². The van der Waals surface area contributed by atoms with E-state index >= 15 is 0 Å². The maximum atomic E-state index is 4.61. The first-order valence-corrected chi connectivity index (χ1v) is 7.82.